The Balaban J connectivity index is 2.57. The minimum Gasteiger partial charge on any atom is -0.382 e. The average molecular weight is 193 g/mol. The summed E-state index contributed by atoms with van der Waals surface area (Å²) in [6.45, 7) is 6.01. The van der Waals surface area contributed by atoms with Crippen LogP contribution < -0.4 is 10.7 Å². The molecule has 14 heavy (non-hydrogen) atoms. The molecule has 0 radical (unpaired) electrons. The summed E-state index contributed by atoms with van der Waals surface area (Å²) >= 11 is 0. The van der Waals surface area contributed by atoms with Gasteiger partial charge in [-0.25, -0.2) is 0 Å². The average Bonchev–Trinajstić information content (AvgIpc) is 2.70. The molecule has 0 aliphatic heterocycles. The van der Waals surface area contributed by atoms with E-state index in [-0.39, 0.29) is 0 Å². The molecule has 0 fully saturated rings. The molecule has 5 heteroatoms. The maximum absolute atomic E-state index is 5.91. The van der Waals surface area contributed by atoms with Crippen molar-refractivity contribution in [1.82, 2.24) is 14.5 Å². The normalized spacial score (nSPS) is 11.0. The minimum atomic E-state index is 0.719. The number of nitrogen functional groups attached to an aromatic ring is 1. The second kappa shape index (κ2) is 3.25. The standard InChI is InChI=1S/C9H15N5/c1-3-12(4-2)14-9(10)7-8-5-6-11-13(8)14/h5-7H,3-4,10H2,1-2H3. The topological polar surface area (TPSA) is 51.5 Å². The highest BCUT2D eigenvalue weighted by Crippen LogP contribution is 2.11. The van der Waals surface area contributed by atoms with Crippen molar-refractivity contribution in [3.05, 3.63) is 18.3 Å². The molecular formula is C9H15N5. The van der Waals surface area contributed by atoms with Gasteiger partial charge in [-0.15, -0.1) is 0 Å². The molecule has 2 N–H and O–H groups in total. The largest absolute Gasteiger partial charge is 0.382 e. The van der Waals surface area contributed by atoms with Crippen molar-refractivity contribution in [3.8, 4) is 0 Å². The molecule has 2 aromatic rings. The van der Waals surface area contributed by atoms with E-state index in [1.54, 1.807) is 6.20 Å². The third-order valence-corrected chi connectivity index (χ3v) is 2.36. The summed E-state index contributed by atoms with van der Waals surface area (Å²) in [4.78, 5) is 1.90. The number of rotatable bonds is 3. The molecule has 0 saturated heterocycles. The maximum atomic E-state index is 5.91. The summed E-state index contributed by atoms with van der Waals surface area (Å²) in [5.74, 6) is 0.719. The molecule has 0 aromatic carbocycles. The zero-order valence-electron chi connectivity index (χ0n) is 8.51. The monoisotopic (exact) mass is 193 g/mol. The molecule has 76 valence electrons. The third-order valence-electron chi connectivity index (χ3n) is 2.36. The maximum Gasteiger partial charge on any atom is 0.145 e. The van der Waals surface area contributed by atoms with Gasteiger partial charge >= 0.3 is 0 Å². The highest BCUT2D eigenvalue weighted by Gasteiger charge is 2.10. The van der Waals surface area contributed by atoms with Crippen LogP contribution in [-0.4, -0.2) is 27.6 Å². The van der Waals surface area contributed by atoms with E-state index in [9.17, 15) is 0 Å². The van der Waals surface area contributed by atoms with Crippen LogP contribution in [0.2, 0.25) is 0 Å². The van der Waals surface area contributed by atoms with E-state index in [0.717, 1.165) is 24.4 Å². The molecule has 0 aliphatic rings. The minimum absolute atomic E-state index is 0.719. The van der Waals surface area contributed by atoms with Crippen molar-refractivity contribution >= 4 is 11.3 Å². The van der Waals surface area contributed by atoms with Crippen LogP contribution >= 0.6 is 0 Å². The molecule has 0 spiro atoms. The van der Waals surface area contributed by atoms with Crippen LogP contribution in [-0.2, 0) is 0 Å². The first-order valence-electron chi connectivity index (χ1n) is 4.84. The second-order valence-electron chi connectivity index (χ2n) is 3.14. The summed E-state index contributed by atoms with van der Waals surface area (Å²) in [5, 5.41) is 6.33. The van der Waals surface area contributed by atoms with Crippen molar-refractivity contribution in [2.24, 2.45) is 0 Å². The predicted molar refractivity (Wildman–Crippen MR) is 56.9 cm³/mol. The van der Waals surface area contributed by atoms with E-state index < -0.39 is 0 Å². The van der Waals surface area contributed by atoms with Crippen LogP contribution in [0.3, 0.4) is 0 Å². The number of aromatic nitrogens is 3. The number of anilines is 1. The van der Waals surface area contributed by atoms with Gasteiger partial charge < -0.3 is 5.73 Å². The van der Waals surface area contributed by atoms with Crippen molar-refractivity contribution < 1.29 is 0 Å². The van der Waals surface area contributed by atoms with E-state index in [2.05, 4.69) is 24.0 Å². The fourth-order valence-corrected chi connectivity index (χ4v) is 1.66. The van der Waals surface area contributed by atoms with E-state index in [0.29, 0.717) is 0 Å². The number of nitrogens with zero attached hydrogens (tertiary/aromatic N) is 4. The van der Waals surface area contributed by atoms with Gasteiger partial charge in [-0.05, 0) is 19.9 Å². The Kier molecular flexibility index (Phi) is 2.07. The zero-order chi connectivity index (χ0) is 10.1. The molecule has 0 unspecified atom stereocenters. The molecule has 2 heterocycles. The number of hydrogen-bond acceptors (Lipinski definition) is 3. The van der Waals surface area contributed by atoms with Crippen molar-refractivity contribution in [2.75, 3.05) is 23.8 Å². The van der Waals surface area contributed by atoms with Crippen LogP contribution in [0.15, 0.2) is 18.3 Å². The summed E-state index contributed by atoms with van der Waals surface area (Å²) < 4.78 is 1.81. The molecule has 0 atom stereocenters. The third kappa shape index (κ3) is 1.13. The lowest BCUT2D eigenvalue weighted by molar-refractivity contribution is 0.507. The first-order chi connectivity index (χ1) is 6.77. The molecule has 5 nitrogen and oxygen atoms in total. The van der Waals surface area contributed by atoms with Gasteiger partial charge in [0, 0.05) is 19.2 Å². The quantitative estimate of drug-likeness (QED) is 0.780. The van der Waals surface area contributed by atoms with Gasteiger partial charge in [0.25, 0.3) is 0 Å². The number of hydrogen-bond donors (Lipinski definition) is 1. The van der Waals surface area contributed by atoms with Gasteiger partial charge in [-0.3, -0.25) is 5.01 Å². The Morgan fingerprint density at radius 1 is 1.43 bits per heavy atom. The number of fused-ring (bicyclic) bond motifs is 1. The first-order valence-corrected chi connectivity index (χ1v) is 4.84. The number of nitrogens with two attached hydrogens (primary N) is 1. The molecule has 0 bridgehead atoms. The lowest BCUT2D eigenvalue weighted by Crippen LogP contribution is -2.37. The second-order valence-corrected chi connectivity index (χ2v) is 3.14. The molecule has 0 amide bonds. The molecular weight excluding hydrogens is 178 g/mol. The van der Waals surface area contributed by atoms with Crippen LogP contribution in [0.4, 0.5) is 5.82 Å². The highest BCUT2D eigenvalue weighted by atomic mass is 15.7. The zero-order valence-corrected chi connectivity index (χ0v) is 8.51. The van der Waals surface area contributed by atoms with Crippen molar-refractivity contribution in [1.29, 1.82) is 0 Å². The van der Waals surface area contributed by atoms with Gasteiger partial charge in [0.1, 0.15) is 5.82 Å². The van der Waals surface area contributed by atoms with Gasteiger partial charge in [0.2, 0.25) is 0 Å². The first kappa shape index (κ1) is 8.93. The summed E-state index contributed by atoms with van der Waals surface area (Å²) in [5.41, 5.74) is 6.93. The van der Waals surface area contributed by atoms with Crippen LogP contribution in [0, 0.1) is 0 Å². The summed E-state index contributed by atoms with van der Waals surface area (Å²) in [6.07, 6.45) is 1.77. The van der Waals surface area contributed by atoms with Crippen molar-refractivity contribution in [3.63, 3.8) is 0 Å². The molecule has 0 saturated carbocycles. The SMILES string of the molecule is CCN(CC)n1c(N)cc2ccnn21. The fourth-order valence-electron chi connectivity index (χ4n) is 1.66. The lowest BCUT2D eigenvalue weighted by Gasteiger charge is -2.23. The predicted octanol–water partition coefficient (Wildman–Crippen LogP) is 0.696. The lowest BCUT2D eigenvalue weighted by atomic mass is 10.5. The summed E-state index contributed by atoms with van der Waals surface area (Å²) in [7, 11) is 0. The van der Waals surface area contributed by atoms with Gasteiger partial charge in [0.05, 0.1) is 11.7 Å². The Morgan fingerprint density at radius 3 is 2.79 bits per heavy atom. The van der Waals surface area contributed by atoms with Gasteiger partial charge in [-0.2, -0.15) is 14.5 Å². The van der Waals surface area contributed by atoms with Crippen LogP contribution in [0.25, 0.3) is 5.52 Å². The summed E-state index contributed by atoms with van der Waals surface area (Å²) in [6, 6.07) is 3.86. The van der Waals surface area contributed by atoms with E-state index in [1.807, 2.05) is 21.6 Å². The molecule has 2 aromatic heterocycles. The van der Waals surface area contributed by atoms with Gasteiger partial charge in [0.15, 0.2) is 0 Å². The van der Waals surface area contributed by atoms with Crippen LogP contribution in [0.5, 0.6) is 0 Å². The van der Waals surface area contributed by atoms with Gasteiger partial charge in [-0.1, -0.05) is 0 Å². The highest BCUT2D eigenvalue weighted by molar-refractivity contribution is 5.54. The van der Waals surface area contributed by atoms with Crippen molar-refractivity contribution in [2.45, 2.75) is 13.8 Å². The smallest absolute Gasteiger partial charge is 0.145 e. The van der Waals surface area contributed by atoms with E-state index >= 15 is 0 Å². The van der Waals surface area contributed by atoms with E-state index in [4.69, 9.17) is 5.73 Å². The van der Waals surface area contributed by atoms with Crippen LogP contribution in [0.1, 0.15) is 13.8 Å². The molecule has 2 rings (SSSR count). The Bertz CT molecular complexity index is 423. The fraction of sp³-hybridized carbons (Fsp3) is 0.444. The Labute approximate surface area is 82.7 Å². The Hall–Kier alpha value is -1.65. The van der Waals surface area contributed by atoms with E-state index in [1.165, 1.54) is 0 Å². The molecule has 0 aliphatic carbocycles. The Morgan fingerprint density at radius 2 is 2.14 bits per heavy atom.